The maximum atomic E-state index is 13.0. The van der Waals surface area contributed by atoms with Crippen LogP contribution in [0.4, 0.5) is 10.1 Å². The Morgan fingerprint density at radius 1 is 1.19 bits per heavy atom. The molecule has 0 unspecified atom stereocenters. The van der Waals surface area contributed by atoms with Crippen LogP contribution in [-0.2, 0) is 6.54 Å². The van der Waals surface area contributed by atoms with Gasteiger partial charge in [-0.25, -0.2) is 4.39 Å². The molecule has 0 radical (unpaired) electrons. The third-order valence-electron chi connectivity index (χ3n) is 3.94. The summed E-state index contributed by atoms with van der Waals surface area (Å²) in [4.78, 5) is 25.3. The van der Waals surface area contributed by atoms with Crippen molar-refractivity contribution >= 4 is 23.2 Å². The number of aromatic nitrogens is 1. The minimum atomic E-state index is -0.575. The number of anilines is 1. The molecule has 1 aromatic heterocycles. The number of halogens is 2. The number of hydrogen-bond acceptors (Lipinski definition) is 3. The lowest BCUT2D eigenvalue weighted by Gasteiger charge is -2.11. The first-order chi connectivity index (χ1) is 13.0. The highest BCUT2D eigenvalue weighted by atomic mass is 35.5. The van der Waals surface area contributed by atoms with Crippen LogP contribution >= 0.6 is 11.6 Å². The molecular weight excluding hydrogens is 371 g/mol. The third kappa shape index (κ3) is 4.35. The molecule has 0 aliphatic carbocycles. The number of methoxy groups -OCH3 is 1. The minimum Gasteiger partial charge on any atom is -0.495 e. The van der Waals surface area contributed by atoms with E-state index in [0.29, 0.717) is 16.5 Å². The molecule has 7 heteroatoms. The molecule has 5 nitrogen and oxygen atoms in total. The van der Waals surface area contributed by atoms with Gasteiger partial charge in [-0.05, 0) is 48.0 Å². The van der Waals surface area contributed by atoms with Crippen molar-refractivity contribution in [1.82, 2.24) is 4.57 Å². The topological polar surface area (TPSA) is 60.3 Å². The van der Waals surface area contributed by atoms with Crippen LogP contribution in [-0.4, -0.2) is 17.6 Å². The second-order valence-electron chi connectivity index (χ2n) is 5.78. The van der Waals surface area contributed by atoms with E-state index in [9.17, 15) is 14.0 Å². The first-order valence-electron chi connectivity index (χ1n) is 8.06. The highest BCUT2D eigenvalue weighted by molar-refractivity contribution is 6.31. The van der Waals surface area contributed by atoms with Crippen LogP contribution in [0.3, 0.4) is 0 Å². The Kier molecular flexibility index (Phi) is 5.57. The molecule has 0 atom stereocenters. The first kappa shape index (κ1) is 18.7. The molecule has 0 saturated heterocycles. The summed E-state index contributed by atoms with van der Waals surface area (Å²) in [5, 5.41) is 3.07. The number of ether oxygens (including phenoxy) is 1. The number of hydrogen-bond donors (Lipinski definition) is 1. The molecule has 0 spiro atoms. The molecule has 0 saturated carbocycles. The SMILES string of the molecule is COc1ccc(Cl)cc1NC(=O)c1cccn(Cc2ccc(F)cc2)c1=O. The van der Waals surface area contributed by atoms with Crippen LogP contribution in [0, 0.1) is 5.82 Å². The normalized spacial score (nSPS) is 10.5. The molecule has 138 valence electrons. The van der Waals surface area contributed by atoms with Crippen molar-refractivity contribution in [2.24, 2.45) is 0 Å². The van der Waals surface area contributed by atoms with Crippen LogP contribution in [0.1, 0.15) is 15.9 Å². The lowest BCUT2D eigenvalue weighted by atomic mass is 10.2. The molecule has 0 aliphatic heterocycles. The van der Waals surface area contributed by atoms with Gasteiger partial charge in [0, 0.05) is 11.2 Å². The Labute approximate surface area is 160 Å². The molecule has 2 aromatic carbocycles. The summed E-state index contributed by atoms with van der Waals surface area (Å²) in [5.74, 6) is -0.501. The van der Waals surface area contributed by atoms with E-state index in [1.165, 1.54) is 35.9 Å². The fourth-order valence-corrected chi connectivity index (χ4v) is 2.76. The van der Waals surface area contributed by atoms with Crippen molar-refractivity contribution in [3.05, 3.63) is 93.1 Å². The predicted octanol–water partition coefficient (Wildman–Crippen LogP) is 3.95. The van der Waals surface area contributed by atoms with Gasteiger partial charge in [0.25, 0.3) is 11.5 Å². The van der Waals surface area contributed by atoms with Gasteiger partial charge in [-0.15, -0.1) is 0 Å². The largest absolute Gasteiger partial charge is 0.495 e. The second-order valence-corrected chi connectivity index (χ2v) is 6.22. The standard InChI is InChI=1S/C20H16ClFN2O3/c1-27-18-9-6-14(21)11-17(18)23-19(25)16-3-2-10-24(20(16)26)12-13-4-7-15(22)8-5-13/h2-11H,12H2,1H3,(H,23,25). The van der Waals surface area contributed by atoms with E-state index in [2.05, 4.69) is 5.32 Å². The van der Waals surface area contributed by atoms with Gasteiger partial charge in [-0.1, -0.05) is 23.7 Å². The van der Waals surface area contributed by atoms with E-state index in [0.717, 1.165) is 5.56 Å². The molecule has 1 heterocycles. The number of amides is 1. The van der Waals surface area contributed by atoms with Crippen LogP contribution in [0.5, 0.6) is 5.75 Å². The monoisotopic (exact) mass is 386 g/mol. The maximum absolute atomic E-state index is 13.0. The van der Waals surface area contributed by atoms with E-state index < -0.39 is 11.5 Å². The molecule has 1 N–H and O–H groups in total. The van der Waals surface area contributed by atoms with Gasteiger partial charge in [0.2, 0.25) is 0 Å². The van der Waals surface area contributed by atoms with Crippen molar-refractivity contribution < 1.29 is 13.9 Å². The zero-order valence-electron chi connectivity index (χ0n) is 14.4. The summed E-state index contributed by atoms with van der Waals surface area (Å²) in [7, 11) is 1.47. The Bertz CT molecular complexity index is 1030. The number of benzene rings is 2. The molecular formula is C20H16ClFN2O3. The molecule has 1 amide bonds. The van der Waals surface area contributed by atoms with Crippen molar-refractivity contribution in [2.45, 2.75) is 6.54 Å². The Hall–Kier alpha value is -3.12. The van der Waals surface area contributed by atoms with Crippen LogP contribution in [0.25, 0.3) is 0 Å². The lowest BCUT2D eigenvalue weighted by Crippen LogP contribution is -2.29. The summed E-state index contributed by atoms with van der Waals surface area (Å²) in [5.41, 5.74) is 0.623. The van der Waals surface area contributed by atoms with Gasteiger partial charge in [0.15, 0.2) is 0 Å². The van der Waals surface area contributed by atoms with E-state index in [1.807, 2.05) is 0 Å². The fourth-order valence-electron chi connectivity index (χ4n) is 2.59. The average molecular weight is 387 g/mol. The summed E-state index contributed by atoms with van der Waals surface area (Å²) in [6.07, 6.45) is 1.57. The number of nitrogens with one attached hydrogen (secondary N) is 1. The zero-order chi connectivity index (χ0) is 19.4. The summed E-state index contributed by atoms with van der Waals surface area (Å²) in [6.45, 7) is 0.223. The van der Waals surface area contributed by atoms with Gasteiger partial charge in [-0.2, -0.15) is 0 Å². The maximum Gasteiger partial charge on any atom is 0.263 e. The van der Waals surface area contributed by atoms with Crippen LogP contribution < -0.4 is 15.6 Å². The van der Waals surface area contributed by atoms with Gasteiger partial charge in [0.1, 0.15) is 17.1 Å². The van der Waals surface area contributed by atoms with E-state index in [1.54, 1.807) is 36.5 Å². The predicted molar refractivity (Wildman–Crippen MR) is 102 cm³/mol. The number of rotatable bonds is 5. The van der Waals surface area contributed by atoms with Crippen molar-refractivity contribution in [2.75, 3.05) is 12.4 Å². The number of carbonyl (C=O) groups excluding carboxylic acids is 1. The number of carbonyl (C=O) groups is 1. The molecule has 3 rings (SSSR count). The molecule has 0 fully saturated rings. The average Bonchev–Trinajstić information content (AvgIpc) is 2.65. The quantitative estimate of drug-likeness (QED) is 0.722. The Morgan fingerprint density at radius 3 is 2.63 bits per heavy atom. The first-order valence-corrected chi connectivity index (χ1v) is 8.44. The van der Waals surface area contributed by atoms with Gasteiger partial charge in [-0.3, -0.25) is 9.59 Å². The number of pyridine rings is 1. The van der Waals surface area contributed by atoms with E-state index in [4.69, 9.17) is 16.3 Å². The molecule has 3 aromatic rings. The highest BCUT2D eigenvalue weighted by Gasteiger charge is 2.15. The summed E-state index contributed by atoms with van der Waals surface area (Å²) >= 11 is 5.96. The molecule has 0 bridgehead atoms. The van der Waals surface area contributed by atoms with Crippen molar-refractivity contribution in [1.29, 1.82) is 0 Å². The van der Waals surface area contributed by atoms with Crippen molar-refractivity contribution in [3.8, 4) is 5.75 Å². The number of nitrogens with zero attached hydrogens (tertiary/aromatic N) is 1. The van der Waals surface area contributed by atoms with Crippen molar-refractivity contribution in [3.63, 3.8) is 0 Å². The third-order valence-corrected chi connectivity index (χ3v) is 4.18. The summed E-state index contributed by atoms with van der Waals surface area (Å²) in [6, 6.07) is 13.7. The van der Waals surface area contributed by atoms with Gasteiger partial charge in [0.05, 0.1) is 19.3 Å². The Balaban J connectivity index is 1.87. The van der Waals surface area contributed by atoms with Gasteiger partial charge < -0.3 is 14.6 Å². The molecule has 0 aliphatic rings. The van der Waals surface area contributed by atoms with E-state index in [-0.39, 0.29) is 17.9 Å². The zero-order valence-corrected chi connectivity index (χ0v) is 15.2. The second kappa shape index (κ2) is 8.05. The highest BCUT2D eigenvalue weighted by Crippen LogP contribution is 2.27. The van der Waals surface area contributed by atoms with Gasteiger partial charge >= 0.3 is 0 Å². The van der Waals surface area contributed by atoms with Crippen LogP contribution in [0.15, 0.2) is 65.6 Å². The fraction of sp³-hybridized carbons (Fsp3) is 0.100. The Morgan fingerprint density at radius 2 is 1.93 bits per heavy atom. The minimum absolute atomic E-state index is 0.0263. The van der Waals surface area contributed by atoms with E-state index >= 15 is 0 Å². The lowest BCUT2D eigenvalue weighted by molar-refractivity contribution is 0.102. The summed E-state index contributed by atoms with van der Waals surface area (Å²) < 4.78 is 19.6. The van der Waals surface area contributed by atoms with Crippen LogP contribution in [0.2, 0.25) is 5.02 Å². The molecule has 27 heavy (non-hydrogen) atoms. The smallest absolute Gasteiger partial charge is 0.263 e.